The number of nitrogens with zero attached hydrogens (tertiary/aromatic N) is 2. The normalized spacial score (nSPS) is 15.6. The highest BCUT2D eigenvalue weighted by Gasteiger charge is 2.29. The monoisotopic (exact) mass is 488 g/mol. The number of nitrogens with one attached hydrogen (secondary N) is 2. The lowest BCUT2D eigenvalue weighted by Crippen LogP contribution is -2.30. The van der Waals surface area contributed by atoms with Gasteiger partial charge in [0, 0.05) is 24.2 Å². The van der Waals surface area contributed by atoms with Gasteiger partial charge in [-0.15, -0.1) is 10.2 Å². The minimum Gasteiger partial charge on any atom is -0.489 e. The van der Waals surface area contributed by atoms with E-state index in [2.05, 4.69) is 20.2 Å². The number of benzene rings is 2. The first-order valence-electron chi connectivity index (χ1n) is 10.9. The van der Waals surface area contributed by atoms with Crippen molar-refractivity contribution in [2.75, 3.05) is 24.7 Å². The fourth-order valence-electron chi connectivity index (χ4n) is 4.04. The van der Waals surface area contributed by atoms with E-state index in [9.17, 15) is 8.42 Å². The molecule has 0 saturated carbocycles. The average Bonchev–Trinajstić information content (AvgIpc) is 3.41. The van der Waals surface area contributed by atoms with Crippen molar-refractivity contribution in [3.63, 3.8) is 0 Å². The van der Waals surface area contributed by atoms with Crippen molar-refractivity contribution in [1.29, 1.82) is 0 Å². The Morgan fingerprint density at radius 1 is 1.21 bits per heavy atom. The summed E-state index contributed by atoms with van der Waals surface area (Å²) in [4.78, 5) is 0. The van der Waals surface area contributed by atoms with Crippen LogP contribution in [0.5, 0.6) is 5.75 Å². The number of ether oxygens (including phenoxy) is 1. The highest BCUT2D eigenvalue weighted by molar-refractivity contribution is 7.89. The van der Waals surface area contributed by atoms with Crippen LogP contribution in [0.15, 0.2) is 36.4 Å². The molecule has 1 aromatic heterocycles. The predicted octanol–water partition coefficient (Wildman–Crippen LogP) is 3.60. The largest absolute Gasteiger partial charge is 0.489 e. The van der Waals surface area contributed by atoms with E-state index in [1.54, 1.807) is 0 Å². The number of aliphatic hydroxyl groups excluding tert-OH is 1. The molecule has 0 aliphatic heterocycles. The number of anilines is 1. The van der Waals surface area contributed by atoms with Crippen molar-refractivity contribution < 1.29 is 18.3 Å². The van der Waals surface area contributed by atoms with Crippen LogP contribution in [-0.4, -0.2) is 49.2 Å². The van der Waals surface area contributed by atoms with Crippen LogP contribution in [0.2, 0.25) is 0 Å². The zero-order valence-corrected chi connectivity index (χ0v) is 20.5. The maximum absolute atomic E-state index is 12.1. The van der Waals surface area contributed by atoms with Crippen LogP contribution >= 0.6 is 11.3 Å². The van der Waals surface area contributed by atoms with Gasteiger partial charge in [0.15, 0.2) is 0 Å². The Hall–Kier alpha value is -2.53. The van der Waals surface area contributed by atoms with Gasteiger partial charge in [0.05, 0.1) is 24.2 Å². The molecule has 176 valence electrons. The maximum atomic E-state index is 12.1. The summed E-state index contributed by atoms with van der Waals surface area (Å²) in [6.45, 7) is 3.58. The van der Waals surface area contributed by atoms with Gasteiger partial charge in [-0.1, -0.05) is 29.5 Å². The molecule has 1 unspecified atom stereocenters. The van der Waals surface area contributed by atoms with E-state index < -0.39 is 16.6 Å². The van der Waals surface area contributed by atoms with Crippen LogP contribution in [0.3, 0.4) is 0 Å². The van der Waals surface area contributed by atoms with Gasteiger partial charge in [0.1, 0.15) is 15.8 Å². The molecule has 0 bridgehead atoms. The summed E-state index contributed by atoms with van der Waals surface area (Å²) in [6.07, 6.45) is 1.50. The number of rotatable bonds is 9. The molecule has 0 fully saturated rings. The lowest BCUT2D eigenvalue weighted by Gasteiger charge is -2.14. The molecule has 0 amide bonds. The topological polar surface area (TPSA) is 113 Å². The van der Waals surface area contributed by atoms with Crippen molar-refractivity contribution in [2.24, 2.45) is 0 Å². The molecular formula is C23H28N4O4S2. The third kappa shape index (κ3) is 5.19. The van der Waals surface area contributed by atoms with Gasteiger partial charge in [-0.25, -0.2) is 13.1 Å². The second-order valence-electron chi connectivity index (χ2n) is 8.16. The van der Waals surface area contributed by atoms with Crippen LogP contribution in [-0.2, 0) is 16.4 Å². The standard InChI is InChI=1S/C23H28N4O4S2/c1-14(2)31-21-10-7-15(13-20(21)24-3)22-25-26-23(32-22)18-6-4-5-17-16(18)8-9-19(17)27-33(29,30)12-11-28/h4-7,10,13-14,19,24,27-28H,8-9,11-12H2,1-3H3. The first-order chi connectivity index (χ1) is 15.8. The number of sulfonamides is 1. The van der Waals surface area contributed by atoms with Gasteiger partial charge in [-0.3, -0.25) is 0 Å². The fraction of sp³-hybridized carbons (Fsp3) is 0.391. The molecule has 0 radical (unpaired) electrons. The highest BCUT2D eigenvalue weighted by Crippen LogP contribution is 2.40. The molecule has 8 nitrogen and oxygen atoms in total. The number of aliphatic hydroxyl groups is 1. The first-order valence-corrected chi connectivity index (χ1v) is 13.3. The number of hydrogen-bond acceptors (Lipinski definition) is 8. The molecule has 1 heterocycles. The van der Waals surface area contributed by atoms with Crippen LogP contribution in [0, 0.1) is 0 Å². The molecule has 1 aliphatic rings. The minimum atomic E-state index is -3.53. The van der Waals surface area contributed by atoms with E-state index >= 15 is 0 Å². The quantitative estimate of drug-likeness (QED) is 0.422. The van der Waals surface area contributed by atoms with Gasteiger partial charge >= 0.3 is 0 Å². The Morgan fingerprint density at radius 2 is 2.00 bits per heavy atom. The molecule has 3 N–H and O–H groups in total. The zero-order chi connectivity index (χ0) is 23.6. The molecule has 3 aromatic rings. The number of aromatic nitrogens is 2. The lowest BCUT2D eigenvalue weighted by atomic mass is 10.0. The third-order valence-corrected chi connectivity index (χ3v) is 7.84. The van der Waals surface area contributed by atoms with Gasteiger partial charge in [0.2, 0.25) is 10.0 Å². The summed E-state index contributed by atoms with van der Waals surface area (Å²) in [7, 11) is -1.67. The zero-order valence-electron chi connectivity index (χ0n) is 18.8. The summed E-state index contributed by atoms with van der Waals surface area (Å²) in [5.41, 5.74) is 4.86. The van der Waals surface area contributed by atoms with Crippen molar-refractivity contribution in [2.45, 2.75) is 38.8 Å². The summed E-state index contributed by atoms with van der Waals surface area (Å²) < 4.78 is 32.9. The van der Waals surface area contributed by atoms with Crippen molar-refractivity contribution in [1.82, 2.24) is 14.9 Å². The van der Waals surface area contributed by atoms with Crippen LogP contribution < -0.4 is 14.8 Å². The van der Waals surface area contributed by atoms with Gasteiger partial charge in [0.25, 0.3) is 0 Å². The summed E-state index contributed by atoms with van der Waals surface area (Å²) in [5, 5.41) is 22.6. The molecule has 0 spiro atoms. The number of fused-ring (bicyclic) bond motifs is 1. The maximum Gasteiger partial charge on any atom is 0.214 e. The summed E-state index contributed by atoms with van der Waals surface area (Å²) in [5.74, 6) is 0.491. The Labute approximate surface area is 198 Å². The van der Waals surface area contributed by atoms with Crippen molar-refractivity contribution >= 4 is 27.0 Å². The molecule has 33 heavy (non-hydrogen) atoms. The Kier molecular flexibility index (Phi) is 6.99. The van der Waals surface area contributed by atoms with Gasteiger partial charge in [-0.2, -0.15) is 0 Å². The Balaban J connectivity index is 1.62. The molecular weight excluding hydrogens is 460 g/mol. The van der Waals surface area contributed by atoms with E-state index in [0.717, 1.165) is 50.1 Å². The molecule has 10 heteroatoms. The van der Waals surface area contributed by atoms with Gasteiger partial charge < -0.3 is 15.2 Å². The number of hydrogen-bond donors (Lipinski definition) is 3. The average molecular weight is 489 g/mol. The van der Waals surface area contributed by atoms with E-state index in [1.807, 2.05) is 57.3 Å². The third-order valence-electron chi connectivity index (χ3n) is 5.47. The second-order valence-corrected chi connectivity index (χ2v) is 11.0. The van der Waals surface area contributed by atoms with E-state index in [4.69, 9.17) is 9.84 Å². The molecule has 1 aliphatic carbocycles. The van der Waals surface area contributed by atoms with Crippen molar-refractivity contribution in [3.8, 4) is 26.9 Å². The van der Waals surface area contributed by atoms with E-state index in [-0.39, 0.29) is 17.9 Å². The van der Waals surface area contributed by atoms with Crippen LogP contribution in [0.25, 0.3) is 21.1 Å². The molecule has 1 atom stereocenters. The molecule has 2 aromatic carbocycles. The van der Waals surface area contributed by atoms with Crippen LogP contribution in [0.1, 0.15) is 37.4 Å². The second kappa shape index (κ2) is 9.76. The Bertz CT molecular complexity index is 1240. The van der Waals surface area contributed by atoms with E-state index in [1.165, 1.54) is 11.3 Å². The summed E-state index contributed by atoms with van der Waals surface area (Å²) >= 11 is 1.50. The SMILES string of the molecule is CNc1cc(-c2nnc(-c3cccc4c3CCC4NS(=O)(=O)CCO)s2)ccc1OC(C)C. The van der Waals surface area contributed by atoms with E-state index in [0.29, 0.717) is 6.42 Å². The lowest BCUT2D eigenvalue weighted by molar-refractivity contribution is 0.244. The predicted molar refractivity (Wildman–Crippen MR) is 131 cm³/mol. The Morgan fingerprint density at radius 3 is 2.73 bits per heavy atom. The molecule has 0 saturated heterocycles. The molecule has 4 rings (SSSR count). The smallest absolute Gasteiger partial charge is 0.214 e. The van der Waals surface area contributed by atoms with Crippen molar-refractivity contribution in [3.05, 3.63) is 47.5 Å². The van der Waals surface area contributed by atoms with Crippen LogP contribution in [0.4, 0.5) is 5.69 Å². The van der Waals surface area contributed by atoms with Gasteiger partial charge in [-0.05, 0) is 56.0 Å². The summed E-state index contributed by atoms with van der Waals surface area (Å²) in [6, 6.07) is 11.5. The fourth-order valence-corrected chi connectivity index (χ4v) is 5.97. The minimum absolute atomic E-state index is 0.0770. The first kappa shape index (κ1) is 23.6. The highest BCUT2D eigenvalue weighted by atomic mass is 32.2.